The van der Waals surface area contributed by atoms with E-state index >= 15 is 0 Å². The van der Waals surface area contributed by atoms with Crippen LogP contribution in [-0.2, 0) is 4.79 Å². The number of nitrogens with zero attached hydrogens (tertiary/aromatic N) is 1. The lowest BCUT2D eigenvalue weighted by Crippen LogP contribution is -2.53. The SMILES string of the molecule is CSCC[C@H](N)C(=O)N1C(C)CCCC1C. The fourth-order valence-electron chi connectivity index (χ4n) is 2.42. The summed E-state index contributed by atoms with van der Waals surface area (Å²) >= 11 is 1.74. The summed E-state index contributed by atoms with van der Waals surface area (Å²) in [6.07, 6.45) is 6.29. The van der Waals surface area contributed by atoms with Crippen molar-refractivity contribution in [3.05, 3.63) is 0 Å². The van der Waals surface area contributed by atoms with Crippen molar-refractivity contribution in [2.75, 3.05) is 12.0 Å². The molecule has 0 aromatic rings. The normalized spacial score (nSPS) is 27.9. The summed E-state index contributed by atoms with van der Waals surface area (Å²) in [6.45, 7) is 4.27. The first kappa shape index (κ1) is 13.8. The number of carbonyl (C=O) groups is 1. The summed E-state index contributed by atoms with van der Waals surface area (Å²) in [5.74, 6) is 1.11. The van der Waals surface area contributed by atoms with Gasteiger partial charge in [-0.1, -0.05) is 0 Å². The minimum absolute atomic E-state index is 0.147. The summed E-state index contributed by atoms with van der Waals surface area (Å²) in [6, 6.07) is 0.406. The zero-order valence-electron chi connectivity index (χ0n) is 10.6. The van der Waals surface area contributed by atoms with Crippen molar-refractivity contribution in [3.63, 3.8) is 0 Å². The van der Waals surface area contributed by atoms with Crippen LogP contribution in [0.25, 0.3) is 0 Å². The monoisotopic (exact) mass is 244 g/mol. The second-order valence-corrected chi connectivity index (χ2v) is 5.75. The number of thioether (sulfide) groups is 1. The number of piperidine rings is 1. The van der Waals surface area contributed by atoms with E-state index < -0.39 is 0 Å². The Morgan fingerprint density at radius 1 is 1.44 bits per heavy atom. The van der Waals surface area contributed by atoms with E-state index in [0.717, 1.165) is 25.0 Å². The fraction of sp³-hybridized carbons (Fsp3) is 0.917. The molecule has 0 aliphatic carbocycles. The minimum Gasteiger partial charge on any atom is -0.336 e. The summed E-state index contributed by atoms with van der Waals surface area (Å²) in [5.41, 5.74) is 5.95. The van der Waals surface area contributed by atoms with Gasteiger partial charge in [-0.3, -0.25) is 4.79 Å². The van der Waals surface area contributed by atoms with Gasteiger partial charge in [0.05, 0.1) is 6.04 Å². The lowest BCUT2D eigenvalue weighted by molar-refractivity contribution is -0.138. The second kappa shape index (κ2) is 6.50. The Bertz CT molecular complexity index is 225. The molecule has 1 saturated heterocycles. The third kappa shape index (κ3) is 3.39. The smallest absolute Gasteiger partial charge is 0.239 e. The highest BCUT2D eigenvalue weighted by Gasteiger charge is 2.31. The van der Waals surface area contributed by atoms with Gasteiger partial charge in [-0.15, -0.1) is 0 Å². The molecule has 1 aliphatic rings. The van der Waals surface area contributed by atoms with Gasteiger partial charge in [0.1, 0.15) is 0 Å². The fourth-order valence-corrected chi connectivity index (χ4v) is 2.91. The highest BCUT2D eigenvalue weighted by atomic mass is 32.2. The molecule has 0 bridgehead atoms. The first-order chi connectivity index (χ1) is 7.57. The van der Waals surface area contributed by atoms with Crippen LogP contribution in [0.15, 0.2) is 0 Å². The number of hydrogen-bond acceptors (Lipinski definition) is 3. The van der Waals surface area contributed by atoms with Crippen LogP contribution in [0, 0.1) is 0 Å². The summed E-state index contributed by atoms with van der Waals surface area (Å²) in [4.78, 5) is 14.2. The van der Waals surface area contributed by atoms with Crippen molar-refractivity contribution in [3.8, 4) is 0 Å². The molecule has 0 aromatic carbocycles. The number of rotatable bonds is 4. The van der Waals surface area contributed by atoms with Gasteiger partial charge in [-0.25, -0.2) is 0 Å². The molecule has 0 aromatic heterocycles. The van der Waals surface area contributed by atoms with Crippen molar-refractivity contribution in [1.82, 2.24) is 4.90 Å². The predicted molar refractivity (Wildman–Crippen MR) is 70.6 cm³/mol. The molecule has 1 amide bonds. The highest BCUT2D eigenvalue weighted by molar-refractivity contribution is 7.98. The van der Waals surface area contributed by atoms with Crippen LogP contribution < -0.4 is 5.73 Å². The molecule has 1 heterocycles. The molecule has 94 valence electrons. The first-order valence-electron chi connectivity index (χ1n) is 6.14. The molecular weight excluding hydrogens is 220 g/mol. The van der Waals surface area contributed by atoms with Gasteiger partial charge in [-0.05, 0) is 51.5 Å². The molecular formula is C12H24N2OS. The standard InChI is InChI=1S/C12H24N2OS/c1-9-5-4-6-10(2)14(9)12(15)11(13)7-8-16-3/h9-11H,4-8,13H2,1-3H3/t9?,10?,11-/m0/s1. The lowest BCUT2D eigenvalue weighted by Gasteiger charge is -2.40. The van der Waals surface area contributed by atoms with Crippen LogP contribution in [0.1, 0.15) is 39.5 Å². The third-order valence-electron chi connectivity index (χ3n) is 3.40. The molecule has 2 unspecified atom stereocenters. The second-order valence-electron chi connectivity index (χ2n) is 4.76. The summed E-state index contributed by atoms with van der Waals surface area (Å²) < 4.78 is 0. The maximum absolute atomic E-state index is 12.2. The Morgan fingerprint density at radius 2 is 2.00 bits per heavy atom. The van der Waals surface area contributed by atoms with Gasteiger partial charge in [0.2, 0.25) is 5.91 Å². The Labute approximate surface area is 103 Å². The Morgan fingerprint density at radius 3 is 2.50 bits per heavy atom. The average Bonchev–Trinajstić information content (AvgIpc) is 2.25. The van der Waals surface area contributed by atoms with E-state index in [1.165, 1.54) is 6.42 Å². The van der Waals surface area contributed by atoms with Gasteiger partial charge < -0.3 is 10.6 Å². The average molecular weight is 244 g/mol. The van der Waals surface area contributed by atoms with E-state index in [4.69, 9.17) is 5.73 Å². The minimum atomic E-state index is -0.310. The summed E-state index contributed by atoms with van der Waals surface area (Å²) in [5, 5.41) is 0. The number of hydrogen-bond donors (Lipinski definition) is 1. The zero-order valence-corrected chi connectivity index (χ0v) is 11.4. The highest BCUT2D eigenvalue weighted by Crippen LogP contribution is 2.23. The molecule has 3 atom stereocenters. The van der Waals surface area contributed by atoms with Crippen LogP contribution in [0.5, 0.6) is 0 Å². The van der Waals surface area contributed by atoms with E-state index in [1.54, 1.807) is 11.8 Å². The molecule has 1 aliphatic heterocycles. The first-order valence-corrected chi connectivity index (χ1v) is 7.54. The molecule has 1 rings (SSSR count). The molecule has 0 radical (unpaired) electrons. The van der Waals surface area contributed by atoms with Crippen LogP contribution in [0.3, 0.4) is 0 Å². The van der Waals surface area contributed by atoms with E-state index in [0.29, 0.717) is 12.1 Å². The lowest BCUT2D eigenvalue weighted by atomic mass is 9.96. The summed E-state index contributed by atoms with van der Waals surface area (Å²) in [7, 11) is 0. The molecule has 16 heavy (non-hydrogen) atoms. The van der Waals surface area contributed by atoms with Crippen LogP contribution in [-0.4, -0.2) is 40.9 Å². The number of nitrogens with two attached hydrogens (primary N) is 1. The van der Waals surface area contributed by atoms with Crippen molar-refractivity contribution in [2.45, 2.75) is 57.7 Å². The van der Waals surface area contributed by atoms with Crippen LogP contribution >= 0.6 is 11.8 Å². The van der Waals surface area contributed by atoms with Gasteiger partial charge in [0.25, 0.3) is 0 Å². The van der Waals surface area contributed by atoms with Gasteiger partial charge >= 0.3 is 0 Å². The van der Waals surface area contributed by atoms with Crippen molar-refractivity contribution in [1.29, 1.82) is 0 Å². The zero-order chi connectivity index (χ0) is 12.1. The Balaban J connectivity index is 2.56. The number of carbonyl (C=O) groups excluding carboxylic acids is 1. The maximum Gasteiger partial charge on any atom is 0.239 e. The molecule has 0 saturated carbocycles. The molecule has 1 fully saturated rings. The van der Waals surface area contributed by atoms with E-state index in [-0.39, 0.29) is 11.9 Å². The number of likely N-dealkylation sites (tertiary alicyclic amines) is 1. The maximum atomic E-state index is 12.2. The van der Waals surface area contributed by atoms with E-state index in [2.05, 4.69) is 13.8 Å². The van der Waals surface area contributed by atoms with Crippen LogP contribution in [0.2, 0.25) is 0 Å². The van der Waals surface area contributed by atoms with Crippen molar-refractivity contribution >= 4 is 17.7 Å². The van der Waals surface area contributed by atoms with Gasteiger partial charge in [-0.2, -0.15) is 11.8 Å². The van der Waals surface area contributed by atoms with Crippen molar-refractivity contribution in [2.24, 2.45) is 5.73 Å². The van der Waals surface area contributed by atoms with Gasteiger partial charge in [0.15, 0.2) is 0 Å². The quantitative estimate of drug-likeness (QED) is 0.821. The molecule has 3 nitrogen and oxygen atoms in total. The predicted octanol–water partition coefficient (Wildman–Crippen LogP) is 1.86. The molecule has 0 spiro atoms. The third-order valence-corrected chi connectivity index (χ3v) is 4.04. The largest absolute Gasteiger partial charge is 0.336 e. The molecule has 2 N–H and O–H groups in total. The molecule has 4 heteroatoms. The van der Waals surface area contributed by atoms with E-state index in [9.17, 15) is 4.79 Å². The Hall–Kier alpha value is -0.220. The Kier molecular flexibility index (Phi) is 5.62. The topological polar surface area (TPSA) is 46.3 Å². The van der Waals surface area contributed by atoms with Crippen LogP contribution in [0.4, 0.5) is 0 Å². The van der Waals surface area contributed by atoms with E-state index in [1.807, 2.05) is 11.2 Å². The van der Waals surface area contributed by atoms with Crippen molar-refractivity contribution < 1.29 is 4.79 Å². The van der Waals surface area contributed by atoms with Gasteiger partial charge in [0, 0.05) is 12.1 Å². The number of amides is 1.